The van der Waals surface area contributed by atoms with Gasteiger partial charge in [0.25, 0.3) is 0 Å². The van der Waals surface area contributed by atoms with E-state index in [1.807, 2.05) is 0 Å². The lowest BCUT2D eigenvalue weighted by atomic mass is 10.0. The van der Waals surface area contributed by atoms with Crippen molar-refractivity contribution in [2.45, 2.75) is 19.3 Å². The smallest absolute Gasteiger partial charge is 0.227 e. The van der Waals surface area contributed by atoms with Crippen LogP contribution in [0.5, 0.6) is 0 Å². The van der Waals surface area contributed by atoms with E-state index >= 15 is 0 Å². The highest BCUT2D eigenvalue weighted by atomic mass is 32.2. The van der Waals surface area contributed by atoms with Crippen LogP contribution < -0.4 is 0 Å². The Labute approximate surface area is 126 Å². The molecule has 2 aromatic rings. The first-order chi connectivity index (χ1) is 10.4. The molecule has 5 nitrogen and oxygen atoms in total. The molecule has 22 heavy (non-hydrogen) atoms. The minimum atomic E-state index is -3.00. The fourth-order valence-electron chi connectivity index (χ4n) is 2.64. The average Bonchev–Trinajstić information content (AvgIpc) is 2.85. The summed E-state index contributed by atoms with van der Waals surface area (Å²) in [6, 6.07) is 3.10. The molecule has 1 saturated heterocycles. The largest absolute Gasteiger partial charge is 0.339 e. The summed E-state index contributed by atoms with van der Waals surface area (Å²) >= 11 is 0. The second kappa shape index (κ2) is 5.75. The molecule has 2 heterocycles. The van der Waals surface area contributed by atoms with Crippen LogP contribution in [0.25, 0.3) is 11.4 Å². The zero-order valence-electron chi connectivity index (χ0n) is 11.6. The summed E-state index contributed by atoms with van der Waals surface area (Å²) in [7, 11) is -3.00. The molecule has 0 spiro atoms. The van der Waals surface area contributed by atoms with Gasteiger partial charge >= 0.3 is 0 Å². The highest BCUT2D eigenvalue weighted by Gasteiger charge is 2.26. The maximum atomic E-state index is 13.7. The molecule has 1 fully saturated rings. The van der Waals surface area contributed by atoms with Crippen molar-refractivity contribution < 1.29 is 21.7 Å². The summed E-state index contributed by atoms with van der Waals surface area (Å²) < 4.78 is 54.8. The first-order valence-corrected chi connectivity index (χ1v) is 8.73. The molecule has 118 valence electrons. The molecule has 1 aromatic heterocycles. The number of sulfone groups is 1. The van der Waals surface area contributed by atoms with Gasteiger partial charge in [0.05, 0.1) is 17.1 Å². The maximum Gasteiger partial charge on any atom is 0.227 e. The van der Waals surface area contributed by atoms with E-state index in [1.54, 1.807) is 0 Å². The molecular formula is C14H14F2N2O3S. The Morgan fingerprint density at radius 1 is 1.32 bits per heavy atom. The molecule has 1 unspecified atom stereocenters. The standard InChI is InChI=1S/C14H14F2N2O3S/c15-10-3-4-11(12(16)7-10)14-17-13(21-18-14)6-9-2-1-5-22(19,20)8-9/h3-4,7,9H,1-2,5-6,8H2. The van der Waals surface area contributed by atoms with Gasteiger partial charge in [-0.2, -0.15) is 4.98 Å². The van der Waals surface area contributed by atoms with Crippen LogP contribution in [0.4, 0.5) is 8.78 Å². The molecule has 3 rings (SSSR count). The summed E-state index contributed by atoms with van der Waals surface area (Å²) in [5.41, 5.74) is 0.0488. The molecule has 1 atom stereocenters. The predicted octanol–water partition coefficient (Wildman–Crippen LogP) is 2.38. The molecule has 8 heteroatoms. The van der Waals surface area contributed by atoms with Gasteiger partial charge in [-0.25, -0.2) is 17.2 Å². The number of aromatic nitrogens is 2. The first-order valence-electron chi connectivity index (χ1n) is 6.91. The van der Waals surface area contributed by atoms with Crippen molar-refractivity contribution in [3.63, 3.8) is 0 Å². The van der Waals surface area contributed by atoms with Crippen molar-refractivity contribution in [3.8, 4) is 11.4 Å². The molecule has 0 N–H and O–H groups in total. The molecular weight excluding hydrogens is 314 g/mol. The topological polar surface area (TPSA) is 73.1 Å². The van der Waals surface area contributed by atoms with Gasteiger partial charge in [-0.15, -0.1) is 0 Å². The van der Waals surface area contributed by atoms with E-state index in [0.29, 0.717) is 12.8 Å². The minimum Gasteiger partial charge on any atom is -0.339 e. The molecule has 1 aliphatic rings. The summed E-state index contributed by atoms with van der Waals surface area (Å²) in [6.07, 6.45) is 1.75. The van der Waals surface area contributed by atoms with Gasteiger partial charge in [-0.05, 0) is 30.9 Å². The maximum absolute atomic E-state index is 13.7. The minimum absolute atomic E-state index is 0.0335. The third-order valence-corrected chi connectivity index (χ3v) is 5.55. The fraction of sp³-hybridized carbons (Fsp3) is 0.429. The Hall–Kier alpha value is -1.83. The number of hydrogen-bond acceptors (Lipinski definition) is 5. The second-order valence-electron chi connectivity index (χ2n) is 5.46. The van der Waals surface area contributed by atoms with Crippen LogP contribution in [0.2, 0.25) is 0 Å². The van der Waals surface area contributed by atoms with Gasteiger partial charge in [-0.3, -0.25) is 0 Å². The quantitative estimate of drug-likeness (QED) is 0.865. The number of hydrogen-bond donors (Lipinski definition) is 0. The zero-order chi connectivity index (χ0) is 15.7. The van der Waals surface area contributed by atoms with Crippen LogP contribution in [-0.4, -0.2) is 30.1 Å². The van der Waals surface area contributed by atoms with Crippen LogP contribution in [0.1, 0.15) is 18.7 Å². The van der Waals surface area contributed by atoms with Crippen molar-refractivity contribution in [2.24, 2.45) is 5.92 Å². The number of halogens is 2. The van der Waals surface area contributed by atoms with Crippen LogP contribution >= 0.6 is 0 Å². The Kier molecular flexibility index (Phi) is 3.94. The molecule has 0 saturated carbocycles. The summed E-state index contributed by atoms with van der Waals surface area (Å²) in [5.74, 6) is -0.892. The average molecular weight is 328 g/mol. The van der Waals surface area contributed by atoms with Crippen molar-refractivity contribution in [3.05, 3.63) is 35.7 Å². The van der Waals surface area contributed by atoms with Gasteiger partial charge in [0.2, 0.25) is 11.7 Å². The van der Waals surface area contributed by atoms with Crippen LogP contribution in [-0.2, 0) is 16.3 Å². The molecule has 1 aliphatic heterocycles. The number of benzene rings is 1. The zero-order valence-corrected chi connectivity index (χ0v) is 12.4. The van der Waals surface area contributed by atoms with E-state index in [2.05, 4.69) is 10.1 Å². The lowest BCUT2D eigenvalue weighted by molar-refractivity contribution is 0.349. The summed E-state index contributed by atoms with van der Waals surface area (Å²) in [6.45, 7) is 0. The second-order valence-corrected chi connectivity index (χ2v) is 7.69. The van der Waals surface area contributed by atoms with Crippen LogP contribution in [0, 0.1) is 17.6 Å². The Morgan fingerprint density at radius 3 is 2.86 bits per heavy atom. The van der Waals surface area contributed by atoms with Gasteiger partial charge in [0.1, 0.15) is 11.6 Å². The van der Waals surface area contributed by atoms with Crippen molar-refractivity contribution in [2.75, 3.05) is 11.5 Å². The Balaban J connectivity index is 1.76. The third-order valence-electron chi connectivity index (χ3n) is 3.66. The van der Waals surface area contributed by atoms with Gasteiger partial charge in [0.15, 0.2) is 9.84 Å². The lowest BCUT2D eigenvalue weighted by Gasteiger charge is -2.19. The fourth-order valence-corrected chi connectivity index (χ4v) is 4.42. The molecule has 0 aliphatic carbocycles. The highest BCUT2D eigenvalue weighted by molar-refractivity contribution is 7.91. The van der Waals surface area contributed by atoms with E-state index in [4.69, 9.17) is 4.52 Å². The SMILES string of the molecule is O=S1(=O)CCCC(Cc2nc(-c3ccc(F)cc3F)no2)C1. The first kappa shape index (κ1) is 15.1. The third kappa shape index (κ3) is 3.32. The molecule has 1 aromatic carbocycles. The van der Waals surface area contributed by atoms with E-state index in [1.165, 1.54) is 6.07 Å². The summed E-state index contributed by atoms with van der Waals surface area (Å²) in [5, 5.41) is 3.68. The van der Waals surface area contributed by atoms with Crippen LogP contribution in [0.3, 0.4) is 0 Å². The molecule has 0 amide bonds. The molecule has 0 radical (unpaired) electrons. The predicted molar refractivity (Wildman–Crippen MR) is 74.7 cm³/mol. The van der Waals surface area contributed by atoms with E-state index in [0.717, 1.165) is 18.6 Å². The Morgan fingerprint density at radius 2 is 2.14 bits per heavy atom. The van der Waals surface area contributed by atoms with Gasteiger partial charge < -0.3 is 4.52 Å². The van der Waals surface area contributed by atoms with Gasteiger partial charge in [0, 0.05) is 12.5 Å². The number of nitrogens with zero attached hydrogens (tertiary/aromatic N) is 2. The summed E-state index contributed by atoms with van der Waals surface area (Å²) in [4.78, 5) is 4.08. The monoisotopic (exact) mass is 328 g/mol. The van der Waals surface area contributed by atoms with Crippen molar-refractivity contribution in [1.29, 1.82) is 0 Å². The van der Waals surface area contributed by atoms with E-state index in [9.17, 15) is 17.2 Å². The lowest BCUT2D eigenvalue weighted by Crippen LogP contribution is -2.26. The Bertz CT molecular complexity index is 789. The molecule has 0 bridgehead atoms. The highest BCUT2D eigenvalue weighted by Crippen LogP contribution is 2.24. The van der Waals surface area contributed by atoms with Gasteiger partial charge in [-0.1, -0.05) is 5.16 Å². The normalized spacial score (nSPS) is 20.9. The van der Waals surface area contributed by atoms with Crippen molar-refractivity contribution in [1.82, 2.24) is 10.1 Å². The number of rotatable bonds is 3. The van der Waals surface area contributed by atoms with E-state index in [-0.39, 0.29) is 34.7 Å². The van der Waals surface area contributed by atoms with Crippen LogP contribution in [0.15, 0.2) is 22.7 Å². The van der Waals surface area contributed by atoms with Crippen molar-refractivity contribution >= 4 is 9.84 Å². The van der Waals surface area contributed by atoms with E-state index < -0.39 is 21.5 Å².